The highest BCUT2D eigenvalue weighted by molar-refractivity contribution is 5.36. The molecule has 0 amide bonds. The molecule has 0 spiro atoms. The summed E-state index contributed by atoms with van der Waals surface area (Å²) in [6.07, 6.45) is -0.721. The number of hydrogen-bond donors (Lipinski definition) is 2. The molecule has 5 heteroatoms. The fourth-order valence-electron chi connectivity index (χ4n) is 1.63. The van der Waals surface area contributed by atoms with Crippen LogP contribution in [0.15, 0.2) is 18.2 Å². The lowest BCUT2D eigenvalue weighted by Crippen LogP contribution is -2.24. The van der Waals surface area contributed by atoms with Crippen molar-refractivity contribution in [2.24, 2.45) is 0 Å². The molecule has 1 rings (SSSR count). The third-order valence-electron chi connectivity index (χ3n) is 2.82. The second-order valence-electron chi connectivity index (χ2n) is 4.32. The zero-order valence-electron chi connectivity index (χ0n) is 11.6. The summed E-state index contributed by atoms with van der Waals surface area (Å²) in [7, 11) is 1.82. The Labute approximate surface area is 113 Å². The van der Waals surface area contributed by atoms with Gasteiger partial charge >= 0.3 is 0 Å². The van der Waals surface area contributed by atoms with E-state index in [2.05, 4.69) is 5.32 Å². The SMILES string of the molecule is CCOCC(O)COc1cc(F)ccc1C(C)NC. The molecule has 1 aromatic rings. The smallest absolute Gasteiger partial charge is 0.127 e. The predicted molar refractivity (Wildman–Crippen MR) is 71.9 cm³/mol. The first-order valence-electron chi connectivity index (χ1n) is 6.43. The normalized spacial score (nSPS) is 14.2. The summed E-state index contributed by atoms with van der Waals surface area (Å²) in [5, 5.41) is 12.7. The molecule has 0 aliphatic carbocycles. The van der Waals surface area contributed by atoms with Gasteiger partial charge in [0.15, 0.2) is 0 Å². The van der Waals surface area contributed by atoms with E-state index in [1.165, 1.54) is 12.1 Å². The van der Waals surface area contributed by atoms with Crippen LogP contribution in [0.3, 0.4) is 0 Å². The Kier molecular flexibility index (Phi) is 6.77. The van der Waals surface area contributed by atoms with Crippen molar-refractivity contribution in [3.8, 4) is 5.75 Å². The van der Waals surface area contributed by atoms with Crippen LogP contribution in [0.4, 0.5) is 4.39 Å². The summed E-state index contributed by atoms with van der Waals surface area (Å²) in [6.45, 7) is 4.64. The molecule has 0 fully saturated rings. The minimum absolute atomic E-state index is 0.0413. The van der Waals surface area contributed by atoms with Gasteiger partial charge in [0.2, 0.25) is 0 Å². The van der Waals surface area contributed by atoms with E-state index in [-0.39, 0.29) is 25.1 Å². The Bertz CT molecular complexity index is 387. The Morgan fingerprint density at radius 1 is 1.37 bits per heavy atom. The van der Waals surface area contributed by atoms with Gasteiger partial charge in [0.1, 0.15) is 24.3 Å². The lowest BCUT2D eigenvalue weighted by Gasteiger charge is -2.18. The molecule has 0 bridgehead atoms. The summed E-state index contributed by atoms with van der Waals surface area (Å²) in [6, 6.07) is 4.45. The lowest BCUT2D eigenvalue weighted by atomic mass is 10.1. The zero-order chi connectivity index (χ0) is 14.3. The lowest BCUT2D eigenvalue weighted by molar-refractivity contribution is 0.0161. The largest absolute Gasteiger partial charge is 0.490 e. The number of aliphatic hydroxyl groups excluding tert-OH is 1. The summed E-state index contributed by atoms with van der Waals surface area (Å²) in [5.74, 6) is 0.0822. The van der Waals surface area contributed by atoms with Gasteiger partial charge in [-0.05, 0) is 27.0 Å². The molecule has 0 radical (unpaired) electrons. The fourth-order valence-corrected chi connectivity index (χ4v) is 1.63. The minimum atomic E-state index is -0.721. The quantitative estimate of drug-likeness (QED) is 0.758. The first kappa shape index (κ1) is 15.9. The molecule has 0 heterocycles. The van der Waals surface area contributed by atoms with Crippen molar-refractivity contribution < 1.29 is 19.0 Å². The minimum Gasteiger partial charge on any atom is -0.490 e. The fraction of sp³-hybridized carbons (Fsp3) is 0.571. The summed E-state index contributed by atoms with van der Waals surface area (Å²) >= 11 is 0. The van der Waals surface area contributed by atoms with Gasteiger partial charge in [-0.25, -0.2) is 4.39 Å². The van der Waals surface area contributed by atoms with Gasteiger partial charge in [0.05, 0.1) is 6.61 Å². The van der Waals surface area contributed by atoms with Crippen molar-refractivity contribution in [2.45, 2.75) is 26.0 Å². The second kappa shape index (κ2) is 8.09. The molecule has 1 aromatic carbocycles. The summed E-state index contributed by atoms with van der Waals surface area (Å²) < 4.78 is 23.8. The standard InChI is InChI=1S/C14H22FNO3/c1-4-18-8-12(17)9-19-14-7-11(15)5-6-13(14)10(2)16-3/h5-7,10,12,16-17H,4,8-9H2,1-3H3. The van der Waals surface area contributed by atoms with Crippen LogP contribution in [0.25, 0.3) is 0 Å². The van der Waals surface area contributed by atoms with Crippen LogP contribution >= 0.6 is 0 Å². The van der Waals surface area contributed by atoms with Gasteiger partial charge in [-0.3, -0.25) is 0 Å². The van der Waals surface area contributed by atoms with Crippen molar-refractivity contribution in [3.63, 3.8) is 0 Å². The van der Waals surface area contributed by atoms with Gasteiger partial charge in [-0.15, -0.1) is 0 Å². The number of ether oxygens (including phenoxy) is 2. The monoisotopic (exact) mass is 271 g/mol. The molecule has 4 nitrogen and oxygen atoms in total. The number of aliphatic hydroxyl groups is 1. The number of hydrogen-bond acceptors (Lipinski definition) is 4. The molecule has 2 N–H and O–H groups in total. The highest BCUT2D eigenvalue weighted by Crippen LogP contribution is 2.26. The van der Waals surface area contributed by atoms with E-state index < -0.39 is 6.10 Å². The van der Waals surface area contributed by atoms with Crippen LogP contribution < -0.4 is 10.1 Å². The zero-order valence-corrected chi connectivity index (χ0v) is 11.6. The Hall–Kier alpha value is -1.17. The molecule has 0 aliphatic heterocycles. The van der Waals surface area contributed by atoms with Crippen LogP contribution in [-0.4, -0.2) is 38.1 Å². The maximum atomic E-state index is 13.3. The molecule has 2 unspecified atom stereocenters. The first-order valence-corrected chi connectivity index (χ1v) is 6.43. The topological polar surface area (TPSA) is 50.7 Å². The Balaban J connectivity index is 2.67. The average molecular weight is 271 g/mol. The van der Waals surface area contributed by atoms with E-state index >= 15 is 0 Å². The third kappa shape index (κ3) is 5.14. The number of nitrogens with one attached hydrogen (secondary N) is 1. The first-order chi connectivity index (χ1) is 9.08. The molecule has 19 heavy (non-hydrogen) atoms. The Morgan fingerprint density at radius 2 is 2.11 bits per heavy atom. The molecule has 2 atom stereocenters. The molecule has 0 saturated heterocycles. The van der Waals surface area contributed by atoms with Crippen LogP contribution in [0, 0.1) is 5.82 Å². The molecule has 0 aromatic heterocycles. The Morgan fingerprint density at radius 3 is 2.74 bits per heavy atom. The van der Waals surface area contributed by atoms with Gasteiger partial charge in [-0.2, -0.15) is 0 Å². The third-order valence-corrected chi connectivity index (χ3v) is 2.82. The maximum Gasteiger partial charge on any atom is 0.127 e. The maximum absolute atomic E-state index is 13.3. The molecular formula is C14H22FNO3. The van der Waals surface area contributed by atoms with Crippen molar-refractivity contribution in [1.29, 1.82) is 0 Å². The average Bonchev–Trinajstić information content (AvgIpc) is 2.42. The molecular weight excluding hydrogens is 249 g/mol. The summed E-state index contributed by atoms with van der Waals surface area (Å²) in [4.78, 5) is 0. The van der Waals surface area contributed by atoms with E-state index in [4.69, 9.17) is 9.47 Å². The highest BCUT2D eigenvalue weighted by Gasteiger charge is 2.13. The van der Waals surface area contributed by atoms with Crippen LogP contribution in [0.2, 0.25) is 0 Å². The van der Waals surface area contributed by atoms with E-state index in [1.807, 2.05) is 20.9 Å². The van der Waals surface area contributed by atoms with Crippen LogP contribution in [0.1, 0.15) is 25.5 Å². The van der Waals surface area contributed by atoms with Crippen molar-refractivity contribution >= 4 is 0 Å². The van der Waals surface area contributed by atoms with E-state index in [0.717, 1.165) is 5.56 Å². The molecule has 0 aliphatic rings. The van der Waals surface area contributed by atoms with Crippen LogP contribution in [0.5, 0.6) is 5.75 Å². The van der Waals surface area contributed by atoms with Crippen LogP contribution in [-0.2, 0) is 4.74 Å². The van der Waals surface area contributed by atoms with E-state index in [1.54, 1.807) is 6.07 Å². The predicted octanol–water partition coefficient (Wildman–Crippen LogP) is 1.88. The number of halogens is 1. The van der Waals surface area contributed by atoms with E-state index in [9.17, 15) is 9.50 Å². The summed E-state index contributed by atoms with van der Waals surface area (Å²) in [5.41, 5.74) is 0.854. The highest BCUT2D eigenvalue weighted by atomic mass is 19.1. The van der Waals surface area contributed by atoms with E-state index in [0.29, 0.717) is 12.4 Å². The molecule has 108 valence electrons. The molecule has 0 saturated carbocycles. The van der Waals surface area contributed by atoms with Crippen molar-refractivity contribution in [1.82, 2.24) is 5.32 Å². The van der Waals surface area contributed by atoms with Gasteiger partial charge in [0.25, 0.3) is 0 Å². The number of rotatable bonds is 8. The second-order valence-corrected chi connectivity index (χ2v) is 4.32. The van der Waals surface area contributed by atoms with Gasteiger partial charge < -0.3 is 19.9 Å². The number of benzene rings is 1. The van der Waals surface area contributed by atoms with Crippen molar-refractivity contribution in [2.75, 3.05) is 26.9 Å². The van der Waals surface area contributed by atoms with Gasteiger partial charge in [-0.1, -0.05) is 6.07 Å². The van der Waals surface area contributed by atoms with Crippen molar-refractivity contribution in [3.05, 3.63) is 29.6 Å². The van der Waals surface area contributed by atoms with Gasteiger partial charge in [0, 0.05) is 24.3 Å².